The van der Waals surface area contributed by atoms with E-state index in [1.807, 2.05) is 0 Å². The fourth-order valence-electron chi connectivity index (χ4n) is 5.18. The van der Waals surface area contributed by atoms with Crippen molar-refractivity contribution in [1.29, 1.82) is 0 Å². The number of Topliss-reactive ketones (excluding diaryl/α,β-unsaturated/α-hetero) is 1. The van der Waals surface area contributed by atoms with Gasteiger partial charge in [-0.15, -0.1) is 0 Å². The molecule has 0 bridgehead atoms. The van der Waals surface area contributed by atoms with E-state index < -0.39 is 23.7 Å². The summed E-state index contributed by atoms with van der Waals surface area (Å²) in [5, 5.41) is 11.6. The van der Waals surface area contributed by atoms with Gasteiger partial charge in [0, 0.05) is 43.0 Å². The Hall–Kier alpha value is -3.83. The first-order valence-electron chi connectivity index (χ1n) is 12.3. The van der Waals surface area contributed by atoms with Crippen LogP contribution in [0, 0.1) is 13.8 Å². The Morgan fingerprint density at radius 2 is 1.82 bits per heavy atom. The first-order chi connectivity index (χ1) is 18.2. The minimum absolute atomic E-state index is 0.0925. The van der Waals surface area contributed by atoms with Crippen LogP contribution in [0.2, 0.25) is 0 Å². The summed E-state index contributed by atoms with van der Waals surface area (Å²) >= 11 is 0. The van der Waals surface area contributed by atoms with Crippen LogP contribution in [0.3, 0.4) is 0 Å². The van der Waals surface area contributed by atoms with Crippen molar-refractivity contribution in [2.75, 3.05) is 60.7 Å². The predicted molar refractivity (Wildman–Crippen MR) is 137 cm³/mol. The Balaban J connectivity index is 1.88. The molecule has 2 aliphatic heterocycles. The molecule has 0 spiro atoms. The van der Waals surface area contributed by atoms with Crippen molar-refractivity contribution in [2.45, 2.75) is 19.9 Å². The van der Waals surface area contributed by atoms with Gasteiger partial charge in [0.15, 0.2) is 11.5 Å². The maximum Gasteiger partial charge on any atom is 0.354 e. The number of nitrogens with one attached hydrogen (secondary N) is 1. The summed E-state index contributed by atoms with van der Waals surface area (Å²) in [6, 6.07) is 4.24. The summed E-state index contributed by atoms with van der Waals surface area (Å²) in [5.41, 5.74) is 1.69. The van der Waals surface area contributed by atoms with Crippen LogP contribution in [-0.4, -0.2) is 98.3 Å². The van der Waals surface area contributed by atoms with Crippen molar-refractivity contribution in [3.05, 3.63) is 51.9 Å². The highest BCUT2D eigenvalue weighted by atomic mass is 16.5. The first-order valence-corrected chi connectivity index (χ1v) is 12.3. The van der Waals surface area contributed by atoms with Crippen molar-refractivity contribution < 1.29 is 38.4 Å². The van der Waals surface area contributed by atoms with Crippen molar-refractivity contribution in [3.63, 3.8) is 0 Å². The van der Waals surface area contributed by atoms with Crippen LogP contribution in [0.25, 0.3) is 5.76 Å². The molecule has 1 aromatic carbocycles. The van der Waals surface area contributed by atoms with E-state index in [-0.39, 0.29) is 29.1 Å². The molecule has 3 heterocycles. The van der Waals surface area contributed by atoms with Crippen LogP contribution in [0.15, 0.2) is 23.8 Å². The molecule has 2 N–H and O–H groups in total. The van der Waals surface area contributed by atoms with Gasteiger partial charge in [0.25, 0.3) is 11.7 Å². The average molecular weight is 528 g/mol. The number of likely N-dealkylation sites (tertiary alicyclic amines) is 1. The topological polar surface area (TPSA) is 131 Å². The second-order valence-electron chi connectivity index (χ2n) is 9.15. The van der Waals surface area contributed by atoms with Crippen LogP contribution in [0.4, 0.5) is 0 Å². The van der Waals surface area contributed by atoms with Gasteiger partial charge >= 0.3 is 5.97 Å². The number of nitrogens with zero attached hydrogens (tertiary/aromatic N) is 2. The number of carbonyl (C=O) groups excluding carboxylic acids is 3. The van der Waals surface area contributed by atoms with Gasteiger partial charge in [0.2, 0.25) is 0 Å². The lowest BCUT2D eigenvalue weighted by Crippen LogP contribution is -2.42. The molecule has 2 aromatic rings. The third-order valence-corrected chi connectivity index (χ3v) is 7.09. The molecule has 11 heteroatoms. The maximum atomic E-state index is 13.5. The summed E-state index contributed by atoms with van der Waals surface area (Å²) in [6.45, 7) is 6.70. The molecule has 2 saturated heterocycles. The number of para-hydroxylation sites is 1. The fraction of sp³-hybridized carbons (Fsp3) is 0.444. The van der Waals surface area contributed by atoms with Gasteiger partial charge in [0.05, 0.1) is 46.2 Å². The molecular weight excluding hydrogens is 494 g/mol. The van der Waals surface area contributed by atoms with Crippen LogP contribution >= 0.6 is 0 Å². The molecule has 1 aromatic heterocycles. The standard InChI is InChI=1S/C27H33N3O8/c1-15-19(16(2)28-21(15)27(34)37-5)23(31)20-22(17-7-6-8-18(35-3)25(17)36-4)30(26(33)24(20)32)10-9-29-11-13-38-14-12-29/h6-8,22,28,31H,9-14H2,1-5H3/b23-20+/t22-/m0/s1. The minimum Gasteiger partial charge on any atom is -0.507 e. The van der Waals surface area contributed by atoms with Crippen molar-refractivity contribution in [3.8, 4) is 11.5 Å². The van der Waals surface area contributed by atoms with E-state index in [9.17, 15) is 19.5 Å². The van der Waals surface area contributed by atoms with Gasteiger partial charge in [-0.1, -0.05) is 12.1 Å². The zero-order valence-electron chi connectivity index (χ0n) is 22.3. The first kappa shape index (κ1) is 27.2. The Morgan fingerprint density at radius 3 is 2.45 bits per heavy atom. The Kier molecular flexibility index (Phi) is 8.08. The molecule has 2 fully saturated rings. The van der Waals surface area contributed by atoms with Gasteiger partial charge < -0.3 is 33.9 Å². The zero-order chi connectivity index (χ0) is 27.6. The monoisotopic (exact) mass is 527 g/mol. The van der Waals surface area contributed by atoms with Gasteiger partial charge in [-0.05, 0) is 25.5 Å². The number of aromatic nitrogens is 1. The van der Waals surface area contributed by atoms with Crippen molar-refractivity contribution >= 4 is 23.4 Å². The van der Waals surface area contributed by atoms with Crippen LogP contribution in [0.5, 0.6) is 11.5 Å². The van der Waals surface area contributed by atoms with Crippen molar-refractivity contribution in [1.82, 2.24) is 14.8 Å². The van der Waals surface area contributed by atoms with E-state index in [4.69, 9.17) is 18.9 Å². The highest BCUT2D eigenvalue weighted by Gasteiger charge is 2.48. The Bertz CT molecular complexity index is 1280. The largest absolute Gasteiger partial charge is 0.507 e. The second-order valence-corrected chi connectivity index (χ2v) is 9.15. The highest BCUT2D eigenvalue weighted by Crippen LogP contribution is 2.46. The van der Waals surface area contributed by atoms with Gasteiger partial charge in [0.1, 0.15) is 11.5 Å². The van der Waals surface area contributed by atoms with Crippen LogP contribution in [-0.2, 0) is 19.1 Å². The molecule has 0 aliphatic carbocycles. The number of benzene rings is 1. The molecule has 0 radical (unpaired) electrons. The number of ketones is 1. The molecule has 1 atom stereocenters. The van der Waals surface area contributed by atoms with Gasteiger partial charge in [-0.25, -0.2) is 4.79 Å². The molecule has 0 saturated carbocycles. The predicted octanol–water partition coefficient (Wildman–Crippen LogP) is 2.19. The third kappa shape index (κ3) is 4.74. The minimum atomic E-state index is -0.948. The lowest BCUT2D eigenvalue weighted by molar-refractivity contribution is -0.140. The summed E-state index contributed by atoms with van der Waals surface area (Å²) in [5.74, 6) is -1.77. The Labute approximate surface area is 220 Å². The average Bonchev–Trinajstić information content (AvgIpc) is 3.37. The number of hydrogen-bond acceptors (Lipinski definition) is 9. The highest BCUT2D eigenvalue weighted by molar-refractivity contribution is 6.46. The third-order valence-electron chi connectivity index (χ3n) is 7.09. The SMILES string of the molecule is COC(=O)c1[nH]c(C)c(/C(O)=C2\C(=O)C(=O)N(CCN3CCOCC3)[C@H]2c2cccc(OC)c2OC)c1C. The number of hydrogen-bond donors (Lipinski definition) is 2. The summed E-state index contributed by atoms with van der Waals surface area (Å²) in [7, 11) is 4.23. The zero-order valence-corrected chi connectivity index (χ0v) is 22.3. The maximum absolute atomic E-state index is 13.5. The molecule has 204 valence electrons. The van der Waals surface area contributed by atoms with Crippen LogP contribution in [0.1, 0.15) is 38.9 Å². The van der Waals surface area contributed by atoms with Gasteiger partial charge in [-0.2, -0.15) is 0 Å². The number of aliphatic hydroxyl groups is 1. The normalized spacial score (nSPS) is 19.6. The van der Waals surface area contributed by atoms with E-state index in [0.717, 1.165) is 13.1 Å². The number of aliphatic hydroxyl groups excluding tert-OH is 1. The lowest BCUT2D eigenvalue weighted by Gasteiger charge is -2.31. The number of rotatable bonds is 8. The molecule has 38 heavy (non-hydrogen) atoms. The molecular formula is C27H33N3O8. The number of aryl methyl sites for hydroxylation is 1. The van der Waals surface area contributed by atoms with E-state index >= 15 is 0 Å². The number of ether oxygens (including phenoxy) is 4. The quantitative estimate of drug-likeness (QED) is 0.230. The Morgan fingerprint density at radius 1 is 1.11 bits per heavy atom. The molecule has 1 amide bonds. The van der Waals surface area contributed by atoms with E-state index in [0.29, 0.717) is 48.1 Å². The second kappa shape index (κ2) is 11.3. The fourth-order valence-corrected chi connectivity index (χ4v) is 5.18. The number of methoxy groups -OCH3 is 3. The smallest absolute Gasteiger partial charge is 0.354 e. The molecule has 4 rings (SSSR count). The number of aromatic amines is 1. The van der Waals surface area contributed by atoms with Crippen molar-refractivity contribution in [2.24, 2.45) is 0 Å². The molecule has 0 unspecified atom stereocenters. The number of carbonyl (C=O) groups is 3. The number of H-pyrrole nitrogens is 1. The number of esters is 1. The summed E-state index contributed by atoms with van der Waals surface area (Å²) in [6.07, 6.45) is 0. The molecule has 2 aliphatic rings. The summed E-state index contributed by atoms with van der Waals surface area (Å²) < 4.78 is 21.4. The van der Waals surface area contributed by atoms with Gasteiger partial charge in [-0.3, -0.25) is 14.5 Å². The lowest BCUT2D eigenvalue weighted by atomic mass is 9.93. The number of amides is 1. The molecule has 11 nitrogen and oxygen atoms in total. The van der Waals surface area contributed by atoms with Crippen LogP contribution < -0.4 is 9.47 Å². The van der Waals surface area contributed by atoms with E-state index in [1.165, 1.54) is 26.2 Å². The van der Waals surface area contributed by atoms with E-state index in [1.54, 1.807) is 32.0 Å². The number of morpholine rings is 1. The summed E-state index contributed by atoms with van der Waals surface area (Å²) in [4.78, 5) is 45.8. The van der Waals surface area contributed by atoms with E-state index in [2.05, 4.69) is 9.88 Å².